The summed E-state index contributed by atoms with van der Waals surface area (Å²) in [6.45, 7) is 0. The average molecular weight is 284 g/mol. The van der Waals surface area contributed by atoms with E-state index in [2.05, 4.69) is 10.6 Å². The second-order valence-electron chi connectivity index (χ2n) is 5.64. The predicted octanol–water partition coefficient (Wildman–Crippen LogP) is 0.792. The van der Waals surface area contributed by atoms with E-state index in [-0.39, 0.29) is 18.9 Å². The maximum absolute atomic E-state index is 11.8. The smallest absolute Gasteiger partial charge is 0.326 e. The number of urea groups is 1. The lowest BCUT2D eigenvalue weighted by molar-refractivity contribution is -0.140. The van der Waals surface area contributed by atoms with Crippen molar-refractivity contribution in [1.29, 1.82) is 0 Å². The maximum Gasteiger partial charge on any atom is 0.326 e. The van der Waals surface area contributed by atoms with Gasteiger partial charge in [-0.1, -0.05) is 0 Å². The molecule has 2 fully saturated rings. The highest BCUT2D eigenvalue weighted by molar-refractivity contribution is 5.83. The van der Waals surface area contributed by atoms with Gasteiger partial charge in [0.25, 0.3) is 0 Å². The van der Waals surface area contributed by atoms with Crippen LogP contribution in [0.15, 0.2) is 0 Å². The predicted molar refractivity (Wildman–Crippen MR) is 69.2 cm³/mol. The number of hydrogen-bond acceptors (Lipinski definition) is 3. The van der Waals surface area contributed by atoms with Crippen molar-refractivity contribution in [3.05, 3.63) is 0 Å². The van der Waals surface area contributed by atoms with Gasteiger partial charge in [0.2, 0.25) is 0 Å². The summed E-state index contributed by atoms with van der Waals surface area (Å²) in [5.74, 6) is -1.24. The Hall–Kier alpha value is -1.79. The van der Waals surface area contributed by atoms with Crippen LogP contribution < -0.4 is 10.6 Å². The Labute approximate surface area is 116 Å². The number of carbonyl (C=O) groups excluding carboxylic acids is 1. The third-order valence-electron chi connectivity index (χ3n) is 3.81. The normalized spacial score (nSPS) is 19.4. The summed E-state index contributed by atoms with van der Waals surface area (Å²) in [5, 5.41) is 22.7. The van der Waals surface area contributed by atoms with Crippen molar-refractivity contribution in [3.63, 3.8) is 0 Å². The van der Waals surface area contributed by atoms with E-state index in [1.807, 2.05) is 0 Å². The largest absolute Gasteiger partial charge is 0.481 e. The zero-order chi connectivity index (χ0) is 14.7. The minimum atomic E-state index is -1.21. The molecule has 0 radical (unpaired) electrons. The van der Waals surface area contributed by atoms with Crippen LogP contribution in [0.3, 0.4) is 0 Å². The van der Waals surface area contributed by atoms with Crippen LogP contribution in [0.4, 0.5) is 4.79 Å². The number of hydrogen-bond donors (Lipinski definition) is 4. The third kappa shape index (κ3) is 4.40. The van der Waals surface area contributed by atoms with Gasteiger partial charge in [-0.2, -0.15) is 0 Å². The molecule has 0 aliphatic heterocycles. The molecule has 7 nitrogen and oxygen atoms in total. The van der Waals surface area contributed by atoms with Crippen LogP contribution >= 0.6 is 0 Å². The second kappa shape index (κ2) is 6.11. The number of nitrogens with one attached hydrogen (secondary N) is 2. The van der Waals surface area contributed by atoms with Gasteiger partial charge in [0.05, 0.1) is 0 Å². The summed E-state index contributed by atoms with van der Waals surface area (Å²) in [4.78, 5) is 33.3. The molecule has 1 unspecified atom stereocenters. The van der Waals surface area contributed by atoms with Crippen molar-refractivity contribution >= 4 is 18.0 Å². The van der Waals surface area contributed by atoms with Crippen LogP contribution in [0.5, 0.6) is 0 Å². The van der Waals surface area contributed by atoms with E-state index in [4.69, 9.17) is 10.2 Å². The topological polar surface area (TPSA) is 116 Å². The number of rotatable bonds is 8. The Morgan fingerprint density at radius 3 is 1.95 bits per heavy atom. The van der Waals surface area contributed by atoms with Crippen molar-refractivity contribution in [2.45, 2.75) is 50.6 Å². The van der Waals surface area contributed by atoms with Crippen LogP contribution in [0.2, 0.25) is 0 Å². The lowest BCUT2D eigenvalue weighted by atomic mass is 10.1. The number of aliphatic carboxylic acids is 2. The summed E-state index contributed by atoms with van der Waals surface area (Å²) in [5.41, 5.74) is 0. The van der Waals surface area contributed by atoms with E-state index >= 15 is 0 Å². The van der Waals surface area contributed by atoms with E-state index < -0.39 is 24.0 Å². The Morgan fingerprint density at radius 1 is 1.00 bits per heavy atom. The van der Waals surface area contributed by atoms with Gasteiger partial charge < -0.3 is 20.8 Å². The van der Waals surface area contributed by atoms with Crippen molar-refractivity contribution in [2.24, 2.45) is 11.8 Å². The molecule has 2 aliphatic rings. The molecular formula is C13H20N2O5. The van der Waals surface area contributed by atoms with Gasteiger partial charge in [0.1, 0.15) is 6.04 Å². The molecule has 2 amide bonds. The van der Waals surface area contributed by atoms with E-state index in [1.165, 1.54) is 0 Å². The molecule has 112 valence electrons. The van der Waals surface area contributed by atoms with Crippen molar-refractivity contribution in [2.75, 3.05) is 0 Å². The first kappa shape index (κ1) is 14.6. The molecule has 2 aliphatic carbocycles. The fraction of sp³-hybridized carbons (Fsp3) is 0.769. The first-order valence-electron chi connectivity index (χ1n) is 6.99. The van der Waals surface area contributed by atoms with Crippen LogP contribution in [-0.4, -0.2) is 40.3 Å². The molecule has 7 heteroatoms. The van der Waals surface area contributed by atoms with E-state index in [0.717, 1.165) is 25.7 Å². The molecule has 2 rings (SSSR count). The summed E-state index contributed by atoms with van der Waals surface area (Å²) in [7, 11) is 0. The standard InChI is InChI=1S/C13H20N2O5/c16-10(17)6-5-9(12(18)19)14-13(20)15-11(7-1-2-7)8-3-4-8/h7-9,11H,1-6H2,(H,16,17)(H,18,19)(H2,14,15,20). The van der Waals surface area contributed by atoms with Crippen LogP contribution in [0, 0.1) is 11.8 Å². The SMILES string of the molecule is O=C(O)CCC(NC(=O)NC(C1CC1)C1CC1)C(=O)O. The molecule has 0 aromatic rings. The third-order valence-corrected chi connectivity index (χ3v) is 3.81. The quantitative estimate of drug-likeness (QED) is 0.526. The first-order chi connectivity index (χ1) is 9.47. The van der Waals surface area contributed by atoms with Crippen LogP contribution in [-0.2, 0) is 9.59 Å². The van der Waals surface area contributed by atoms with Crippen molar-refractivity contribution in [3.8, 4) is 0 Å². The molecule has 0 heterocycles. The van der Waals surface area contributed by atoms with Gasteiger partial charge in [-0.25, -0.2) is 9.59 Å². The Balaban J connectivity index is 1.80. The van der Waals surface area contributed by atoms with E-state index in [1.54, 1.807) is 0 Å². The number of carboxylic acids is 2. The summed E-state index contributed by atoms with van der Waals surface area (Å²) in [6.07, 6.45) is 4.05. The Bertz CT molecular complexity index is 392. The molecule has 0 spiro atoms. The lowest BCUT2D eigenvalue weighted by Gasteiger charge is -2.20. The highest BCUT2D eigenvalue weighted by Crippen LogP contribution is 2.44. The molecule has 0 bridgehead atoms. The van der Waals surface area contributed by atoms with E-state index in [0.29, 0.717) is 11.8 Å². The average Bonchev–Trinajstić information content (AvgIpc) is 3.24. The Kier molecular flexibility index (Phi) is 4.46. The summed E-state index contributed by atoms with van der Waals surface area (Å²) >= 11 is 0. The number of carboxylic acid groups (broad SMARTS) is 2. The molecule has 4 N–H and O–H groups in total. The van der Waals surface area contributed by atoms with Gasteiger partial charge in [-0.15, -0.1) is 0 Å². The zero-order valence-electron chi connectivity index (χ0n) is 11.2. The molecule has 0 saturated heterocycles. The maximum atomic E-state index is 11.8. The molecule has 1 atom stereocenters. The second-order valence-corrected chi connectivity index (χ2v) is 5.64. The zero-order valence-corrected chi connectivity index (χ0v) is 11.2. The molecule has 20 heavy (non-hydrogen) atoms. The highest BCUT2D eigenvalue weighted by atomic mass is 16.4. The van der Waals surface area contributed by atoms with Gasteiger partial charge in [-0.05, 0) is 43.9 Å². The molecule has 0 aromatic carbocycles. The molecule has 0 aromatic heterocycles. The summed E-state index contributed by atoms with van der Waals surface area (Å²) < 4.78 is 0. The fourth-order valence-corrected chi connectivity index (χ4v) is 2.41. The monoisotopic (exact) mass is 284 g/mol. The Morgan fingerprint density at radius 2 is 1.55 bits per heavy atom. The van der Waals surface area contributed by atoms with E-state index in [9.17, 15) is 14.4 Å². The molecule has 2 saturated carbocycles. The van der Waals surface area contributed by atoms with Crippen LogP contribution in [0.1, 0.15) is 38.5 Å². The van der Waals surface area contributed by atoms with Gasteiger partial charge >= 0.3 is 18.0 Å². The van der Waals surface area contributed by atoms with Gasteiger partial charge in [-0.3, -0.25) is 4.79 Å². The minimum absolute atomic E-state index is 0.115. The van der Waals surface area contributed by atoms with Gasteiger partial charge in [0.15, 0.2) is 0 Å². The van der Waals surface area contributed by atoms with Crippen LogP contribution in [0.25, 0.3) is 0 Å². The first-order valence-corrected chi connectivity index (χ1v) is 6.99. The number of amides is 2. The molecular weight excluding hydrogens is 264 g/mol. The van der Waals surface area contributed by atoms with Gasteiger partial charge in [0, 0.05) is 12.5 Å². The van der Waals surface area contributed by atoms with Crippen molar-refractivity contribution < 1.29 is 24.6 Å². The van der Waals surface area contributed by atoms with Crippen molar-refractivity contribution in [1.82, 2.24) is 10.6 Å². The lowest BCUT2D eigenvalue weighted by Crippen LogP contribution is -2.50. The fourth-order valence-electron chi connectivity index (χ4n) is 2.41. The highest BCUT2D eigenvalue weighted by Gasteiger charge is 2.42. The number of carbonyl (C=O) groups is 3. The minimum Gasteiger partial charge on any atom is -0.481 e. The summed E-state index contributed by atoms with van der Waals surface area (Å²) in [6, 6.07) is -1.53.